The number of anilines is 1. The van der Waals surface area contributed by atoms with Gasteiger partial charge in [0.2, 0.25) is 11.8 Å². The van der Waals surface area contributed by atoms with Crippen molar-refractivity contribution in [1.82, 2.24) is 9.88 Å². The summed E-state index contributed by atoms with van der Waals surface area (Å²) in [7, 11) is 0. The number of non-ortho nitro benzene ring substituents is 1. The Morgan fingerprint density at radius 1 is 1.30 bits per heavy atom. The Kier molecular flexibility index (Phi) is 5.77. The SMILES string of the molecule is NC(=O)C1CCN(CC(=O)Nc2nc(-c3ccc([N+](=O)[O-])cc3)cs2)CC1. The summed E-state index contributed by atoms with van der Waals surface area (Å²) in [6, 6.07) is 6.09. The van der Waals surface area contributed by atoms with Crippen molar-refractivity contribution in [3.05, 3.63) is 39.8 Å². The number of hydrogen-bond acceptors (Lipinski definition) is 7. The van der Waals surface area contributed by atoms with Crippen molar-refractivity contribution < 1.29 is 14.5 Å². The second-order valence-corrected chi connectivity index (χ2v) is 7.20. The number of carbonyl (C=O) groups is 2. The molecule has 1 aliphatic heterocycles. The van der Waals surface area contributed by atoms with Gasteiger partial charge in [-0.05, 0) is 38.1 Å². The summed E-state index contributed by atoms with van der Waals surface area (Å²) >= 11 is 1.29. The Balaban J connectivity index is 1.54. The number of nitrogens with zero attached hydrogens (tertiary/aromatic N) is 3. The van der Waals surface area contributed by atoms with Crippen LogP contribution >= 0.6 is 11.3 Å². The number of benzene rings is 1. The van der Waals surface area contributed by atoms with Crippen molar-refractivity contribution >= 4 is 34.0 Å². The van der Waals surface area contributed by atoms with Crippen LogP contribution in [0.4, 0.5) is 10.8 Å². The molecule has 0 atom stereocenters. The van der Waals surface area contributed by atoms with Gasteiger partial charge >= 0.3 is 0 Å². The van der Waals surface area contributed by atoms with Crippen LogP contribution in [0.25, 0.3) is 11.3 Å². The molecule has 0 spiro atoms. The van der Waals surface area contributed by atoms with Gasteiger partial charge in [0, 0.05) is 29.0 Å². The van der Waals surface area contributed by atoms with E-state index in [2.05, 4.69) is 10.3 Å². The smallest absolute Gasteiger partial charge is 0.269 e. The number of nitrogens with two attached hydrogens (primary N) is 1. The Bertz CT molecular complexity index is 843. The molecule has 3 N–H and O–H groups in total. The number of likely N-dealkylation sites (tertiary alicyclic amines) is 1. The summed E-state index contributed by atoms with van der Waals surface area (Å²) in [5.41, 5.74) is 6.72. The Hall–Kier alpha value is -2.85. The molecule has 2 amide bonds. The van der Waals surface area contributed by atoms with Gasteiger partial charge in [-0.3, -0.25) is 24.6 Å². The third kappa shape index (κ3) is 4.86. The van der Waals surface area contributed by atoms with Crippen LogP contribution in [0.15, 0.2) is 29.6 Å². The zero-order valence-corrected chi connectivity index (χ0v) is 15.3. The van der Waals surface area contributed by atoms with Crippen molar-refractivity contribution in [3.8, 4) is 11.3 Å². The third-order valence-electron chi connectivity index (χ3n) is 4.48. The molecule has 0 bridgehead atoms. The average Bonchev–Trinajstić information content (AvgIpc) is 3.10. The quantitative estimate of drug-likeness (QED) is 0.572. The van der Waals surface area contributed by atoms with Crippen LogP contribution in [-0.2, 0) is 9.59 Å². The van der Waals surface area contributed by atoms with Crippen molar-refractivity contribution in [2.75, 3.05) is 25.0 Å². The molecule has 27 heavy (non-hydrogen) atoms. The standard InChI is InChI=1S/C17H19N5O4S/c18-16(24)12-5-7-21(8-6-12)9-15(23)20-17-19-14(10-27-17)11-1-3-13(4-2-11)22(25)26/h1-4,10,12H,5-9H2,(H2,18,24)(H,19,20,23). The Morgan fingerprint density at radius 3 is 2.56 bits per heavy atom. The minimum absolute atomic E-state index is 0.0163. The van der Waals surface area contributed by atoms with Crippen molar-refractivity contribution in [2.45, 2.75) is 12.8 Å². The molecule has 0 saturated carbocycles. The zero-order chi connectivity index (χ0) is 19.4. The highest BCUT2D eigenvalue weighted by Gasteiger charge is 2.24. The number of piperidine rings is 1. The van der Waals surface area contributed by atoms with E-state index in [9.17, 15) is 19.7 Å². The van der Waals surface area contributed by atoms with Gasteiger partial charge in [0.25, 0.3) is 5.69 Å². The fourth-order valence-corrected chi connectivity index (χ4v) is 3.69. The number of amides is 2. The van der Waals surface area contributed by atoms with Gasteiger partial charge in [-0.15, -0.1) is 11.3 Å². The highest BCUT2D eigenvalue weighted by Crippen LogP contribution is 2.26. The lowest BCUT2D eigenvalue weighted by atomic mass is 9.96. The molecule has 3 rings (SSSR count). The first-order valence-corrected chi connectivity index (χ1v) is 9.32. The second-order valence-electron chi connectivity index (χ2n) is 6.34. The van der Waals surface area contributed by atoms with Crippen LogP contribution < -0.4 is 11.1 Å². The molecule has 10 heteroatoms. The van der Waals surface area contributed by atoms with Crippen LogP contribution in [0.2, 0.25) is 0 Å². The fourth-order valence-electron chi connectivity index (χ4n) is 2.96. The average molecular weight is 389 g/mol. The molecule has 1 aromatic heterocycles. The van der Waals surface area contributed by atoms with E-state index in [1.165, 1.54) is 23.5 Å². The summed E-state index contributed by atoms with van der Waals surface area (Å²) in [4.78, 5) is 40.0. The first-order valence-electron chi connectivity index (χ1n) is 8.44. The highest BCUT2D eigenvalue weighted by atomic mass is 32.1. The van der Waals surface area contributed by atoms with Crippen LogP contribution in [0, 0.1) is 16.0 Å². The summed E-state index contributed by atoms with van der Waals surface area (Å²) in [6.45, 7) is 1.55. The minimum atomic E-state index is -0.456. The molecule has 0 aliphatic carbocycles. The topological polar surface area (TPSA) is 131 Å². The first kappa shape index (κ1) is 18.9. The van der Waals surface area contributed by atoms with Gasteiger partial charge < -0.3 is 11.1 Å². The predicted molar refractivity (Wildman–Crippen MR) is 101 cm³/mol. The summed E-state index contributed by atoms with van der Waals surface area (Å²) in [5.74, 6) is -0.551. The van der Waals surface area contributed by atoms with Gasteiger partial charge in [-0.2, -0.15) is 0 Å². The van der Waals surface area contributed by atoms with E-state index in [1.807, 2.05) is 4.90 Å². The summed E-state index contributed by atoms with van der Waals surface area (Å²) in [6.07, 6.45) is 1.34. The molecule has 1 aromatic carbocycles. The van der Waals surface area contributed by atoms with Gasteiger partial charge in [-0.25, -0.2) is 4.98 Å². The normalized spacial score (nSPS) is 15.4. The molecule has 1 fully saturated rings. The highest BCUT2D eigenvalue weighted by molar-refractivity contribution is 7.14. The number of nitrogens with one attached hydrogen (secondary N) is 1. The van der Waals surface area contributed by atoms with E-state index >= 15 is 0 Å². The minimum Gasteiger partial charge on any atom is -0.369 e. The summed E-state index contributed by atoms with van der Waals surface area (Å²) in [5, 5.41) is 15.7. The van der Waals surface area contributed by atoms with E-state index in [0.717, 1.165) is 5.56 Å². The van der Waals surface area contributed by atoms with Gasteiger partial charge in [0.05, 0.1) is 17.2 Å². The number of aromatic nitrogens is 1. The number of carbonyl (C=O) groups excluding carboxylic acids is 2. The van der Waals surface area contributed by atoms with Crippen molar-refractivity contribution in [3.63, 3.8) is 0 Å². The lowest BCUT2D eigenvalue weighted by Crippen LogP contribution is -2.42. The predicted octanol–water partition coefficient (Wildman–Crippen LogP) is 1.85. The number of nitro groups is 1. The monoisotopic (exact) mass is 389 g/mol. The maximum absolute atomic E-state index is 12.2. The van der Waals surface area contributed by atoms with Crippen LogP contribution in [0.5, 0.6) is 0 Å². The first-order chi connectivity index (χ1) is 12.9. The molecule has 1 saturated heterocycles. The lowest BCUT2D eigenvalue weighted by molar-refractivity contribution is -0.384. The van der Waals surface area contributed by atoms with E-state index < -0.39 is 4.92 Å². The second kappa shape index (κ2) is 8.23. The molecule has 1 aliphatic rings. The largest absolute Gasteiger partial charge is 0.369 e. The van der Waals surface area contributed by atoms with Crippen LogP contribution in [-0.4, -0.2) is 46.3 Å². The molecular weight excluding hydrogens is 370 g/mol. The molecule has 0 radical (unpaired) electrons. The van der Waals surface area contributed by atoms with Gasteiger partial charge in [0.15, 0.2) is 5.13 Å². The number of rotatable bonds is 6. The van der Waals surface area contributed by atoms with Gasteiger partial charge in [-0.1, -0.05) is 0 Å². The van der Waals surface area contributed by atoms with Gasteiger partial charge in [0.1, 0.15) is 0 Å². The maximum Gasteiger partial charge on any atom is 0.269 e. The van der Waals surface area contributed by atoms with Crippen molar-refractivity contribution in [1.29, 1.82) is 0 Å². The summed E-state index contributed by atoms with van der Waals surface area (Å²) < 4.78 is 0. The molecule has 0 unspecified atom stereocenters. The molecule has 2 heterocycles. The fraction of sp³-hybridized carbons (Fsp3) is 0.353. The number of primary amides is 1. The van der Waals surface area contributed by atoms with Crippen LogP contribution in [0.3, 0.4) is 0 Å². The Morgan fingerprint density at radius 2 is 1.96 bits per heavy atom. The molecule has 2 aromatic rings. The molecule has 9 nitrogen and oxygen atoms in total. The number of thiazole rings is 1. The molecular formula is C17H19N5O4S. The van der Waals surface area contributed by atoms with E-state index in [4.69, 9.17) is 5.73 Å². The maximum atomic E-state index is 12.2. The van der Waals surface area contributed by atoms with E-state index in [1.54, 1.807) is 17.5 Å². The van der Waals surface area contributed by atoms with Crippen molar-refractivity contribution in [2.24, 2.45) is 11.7 Å². The van der Waals surface area contributed by atoms with E-state index in [0.29, 0.717) is 36.8 Å². The van der Waals surface area contributed by atoms with Crippen LogP contribution in [0.1, 0.15) is 12.8 Å². The Labute approximate surface area is 159 Å². The van der Waals surface area contributed by atoms with E-state index in [-0.39, 0.29) is 30.0 Å². The third-order valence-corrected chi connectivity index (χ3v) is 5.24. The zero-order valence-electron chi connectivity index (χ0n) is 14.5. The molecule has 142 valence electrons. The number of nitro benzene ring substituents is 1. The lowest BCUT2D eigenvalue weighted by Gasteiger charge is -2.29. The number of hydrogen-bond donors (Lipinski definition) is 2.